The van der Waals surface area contributed by atoms with Crippen LogP contribution in [0.25, 0.3) is 22.1 Å². The van der Waals surface area contributed by atoms with E-state index in [0.717, 1.165) is 0 Å². The SMILES string of the molecule is C=CCOC(=O)COc1ccc2c(=O)c(-c3ccccc3OC)coc2c1. The molecule has 6 heteroatoms. The van der Waals surface area contributed by atoms with Crippen LogP contribution in [0.1, 0.15) is 0 Å². The van der Waals surface area contributed by atoms with Crippen molar-refractivity contribution in [2.75, 3.05) is 20.3 Å². The Kier molecular flexibility index (Phi) is 5.56. The van der Waals surface area contributed by atoms with Crippen molar-refractivity contribution in [3.8, 4) is 22.6 Å². The van der Waals surface area contributed by atoms with Crippen molar-refractivity contribution in [1.29, 1.82) is 0 Å². The van der Waals surface area contributed by atoms with Crippen LogP contribution in [0.15, 0.2) is 70.6 Å². The highest BCUT2D eigenvalue weighted by atomic mass is 16.6. The summed E-state index contributed by atoms with van der Waals surface area (Å²) in [5.74, 6) is 0.469. The molecule has 27 heavy (non-hydrogen) atoms. The van der Waals surface area contributed by atoms with Crippen molar-refractivity contribution in [3.05, 3.63) is 71.6 Å². The molecule has 2 aromatic carbocycles. The van der Waals surface area contributed by atoms with Gasteiger partial charge in [-0.3, -0.25) is 4.79 Å². The van der Waals surface area contributed by atoms with Crippen molar-refractivity contribution in [2.24, 2.45) is 0 Å². The Morgan fingerprint density at radius 3 is 2.78 bits per heavy atom. The van der Waals surface area contributed by atoms with Gasteiger partial charge in [0.15, 0.2) is 6.61 Å². The second kappa shape index (κ2) is 8.23. The fraction of sp³-hybridized carbons (Fsp3) is 0.143. The molecule has 3 aromatic rings. The van der Waals surface area contributed by atoms with Crippen LogP contribution in [-0.4, -0.2) is 26.3 Å². The summed E-state index contributed by atoms with van der Waals surface area (Å²) < 4.78 is 21.2. The molecule has 3 rings (SSSR count). The van der Waals surface area contributed by atoms with Crippen molar-refractivity contribution in [3.63, 3.8) is 0 Å². The van der Waals surface area contributed by atoms with Gasteiger partial charge in [-0.1, -0.05) is 30.9 Å². The smallest absolute Gasteiger partial charge is 0.344 e. The Labute approximate surface area is 155 Å². The van der Waals surface area contributed by atoms with Crippen LogP contribution in [0.2, 0.25) is 0 Å². The van der Waals surface area contributed by atoms with Crippen LogP contribution in [0.3, 0.4) is 0 Å². The molecule has 0 saturated carbocycles. The molecule has 0 spiro atoms. The van der Waals surface area contributed by atoms with Crippen LogP contribution >= 0.6 is 0 Å². The first kappa shape index (κ1) is 18.3. The van der Waals surface area contributed by atoms with E-state index in [1.165, 1.54) is 12.3 Å². The maximum atomic E-state index is 12.9. The number of benzene rings is 2. The molecule has 0 unspecified atom stereocenters. The van der Waals surface area contributed by atoms with E-state index in [-0.39, 0.29) is 18.6 Å². The minimum Gasteiger partial charge on any atom is -0.496 e. The predicted molar refractivity (Wildman–Crippen MR) is 101 cm³/mol. The normalized spacial score (nSPS) is 10.4. The van der Waals surface area contributed by atoms with Crippen molar-refractivity contribution < 1.29 is 23.4 Å². The highest BCUT2D eigenvalue weighted by Crippen LogP contribution is 2.29. The van der Waals surface area contributed by atoms with Gasteiger partial charge in [0.05, 0.1) is 18.1 Å². The zero-order chi connectivity index (χ0) is 19.2. The Hall–Kier alpha value is -3.54. The average Bonchev–Trinajstić information content (AvgIpc) is 2.71. The van der Waals surface area contributed by atoms with Gasteiger partial charge in [0.25, 0.3) is 0 Å². The molecule has 0 N–H and O–H groups in total. The van der Waals surface area contributed by atoms with Crippen LogP contribution in [-0.2, 0) is 9.53 Å². The van der Waals surface area contributed by atoms with E-state index in [1.807, 2.05) is 12.1 Å². The molecule has 0 radical (unpaired) electrons. The monoisotopic (exact) mass is 366 g/mol. The van der Waals surface area contributed by atoms with Crippen molar-refractivity contribution >= 4 is 16.9 Å². The van der Waals surface area contributed by atoms with Gasteiger partial charge in [0.2, 0.25) is 5.43 Å². The van der Waals surface area contributed by atoms with Crippen LogP contribution in [0.5, 0.6) is 11.5 Å². The highest BCUT2D eigenvalue weighted by molar-refractivity contribution is 5.84. The van der Waals surface area contributed by atoms with Gasteiger partial charge < -0.3 is 18.6 Å². The minimum absolute atomic E-state index is 0.126. The summed E-state index contributed by atoms with van der Waals surface area (Å²) in [6.45, 7) is 3.34. The van der Waals surface area contributed by atoms with Crippen LogP contribution in [0.4, 0.5) is 0 Å². The van der Waals surface area contributed by atoms with Crippen LogP contribution < -0.4 is 14.9 Å². The standard InChI is InChI=1S/C21H18O6/c1-3-10-25-20(22)13-26-14-8-9-16-19(11-14)27-12-17(21(16)23)15-6-4-5-7-18(15)24-2/h3-9,11-12H,1,10,13H2,2H3. The maximum absolute atomic E-state index is 12.9. The molecule has 0 aliphatic carbocycles. The van der Waals surface area contributed by atoms with Crippen molar-refractivity contribution in [1.82, 2.24) is 0 Å². The minimum atomic E-state index is -0.511. The fourth-order valence-corrected chi connectivity index (χ4v) is 2.59. The molecule has 0 fully saturated rings. The number of para-hydroxylation sites is 1. The first-order chi connectivity index (χ1) is 13.1. The fourth-order valence-electron chi connectivity index (χ4n) is 2.59. The molecule has 1 heterocycles. The quantitative estimate of drug-likeness (QED) is 0.470. The molecule has 0 saturated heterocycles. The van der Waals surface area contributed by atoms with E-state index in [0.29, 0.717) is 33.6 Å². The summed E-state index contributed by atoms with van der Waals surface area (Å²) in [7, 11) is 1.55. The van der Waals surface area contributed by atoms with Gasteiger partial charge in [-0.25, -0.2) is 4.79 Å². The lowest BCUT2D eigenvalue weighted by Gasteiger charge is -2.09. The number of esters is 1. The number of methoxy groups -OCH3 is 1. The number of hydrogen-bond donors (Lipinski definition) is 0. The largest absolute Gasteiger partial charge is 0.496 e. The van der Waals surface area contributed by atoms with E-state index in [2.05, 4.69) is 6.58 Å². The lowest BCUT2D eigenvalue weighted by Crippen LogP contribution is -2.14. The Morgan fingerprint density at radius 2 is 2.00 bits per heavy atom. The zero-order valence-electron chi connectivity index (χ0n) is 14.8. The molecular weight excluding hydrogens is 348 g/mol. The number of fused-ring (bicyclic) bond motifs is 1. The Bertz CT molecular complexity index is 1030. The van der Waals surface area contributed by atoms with E-state index in [4.69, 9.17) is 18.6 Å². The Morgan fingerprint density at radius 1 is 1.19 bits per heavy atom. The third kappa shape index (κ3) is 4.00. The number of carbonyl (C=O) groups is 1. The Balaban J connectivity index is 1.89. The van der Waals surface area contributed by atoms with Gasteiger partial charge in [0, 0.05) is 11.6 Å². The average molecular weight is 366 g/mol. The highest BCUT2D eigenvalue weighted by Gasteiger charge is 2.13. The lowest BCUT2D eigenvalue weighted by atomic mass is 10.0. The first-order valence-electron chi connectivity index (χ1n) is 8.22. The van der Waals surface area contributed by atoms with Gasteiger partial charge in [-0.15, -0.1) is 0 Å². The summed E-state index contributed by atoms with van der Waals surface area (Å²) in [5, 5.41) is 0.403. The topological polar surface area (TPSA) is 75.0 Å². The lowest BCUT2D eigenvalue weighted by molar-refractivity contribution is -0.144. The van der Waals surface area contributed by atoms with Gasteiger partial charge >= 0.3 is 5.97 Å². The molecule has 0 bridgehead atoms. The van der Waals surface area contributed by atoms with Gasteiger partial charge in [0.1, 0.15) is 30.0 Å². The summed E-state index contributed by atoms with van der Waals surface area (Å²) in [5.41, 5.74) is 1.23. The third-order valence-electron chi connectivity index (χ3n) is 3.86. The van der Waals surface area contributed by atoms with E-state index in [1.54, 1.807) is 37.4 Å². The number of rotatable bonds is 7. The summed E-state index contributed by atoms with van der Waals surface area (Å²) in [4.78, 5) is 24.3. The summed E-state index contributed by atoms with van der Waals surface area (Å²) in [6, 6.07) is 12.0. The molecular formula is C21H18O6. The third-order valence-corrected chi connectivity index (χ3v) is 3.86. The molecule has 0 amide bonds. The molecule has 6 nitrogen and oxygen atoms in total. The molecule has 0 atom stereocenters. The molecule has 138 valence electrons. The van der Waals surface area contributed by atoms with Gasteiger partial charge in [-0.05, 0) is 18.2 Å². The van der Waals surface area contributed by atoms with Crippen molar-refractivity contribution in [2.45, 2.75) is 0 Å². The summed E-state index contributed by atoms with van der Waals surface area (Å²) >= 11 is 0. The van der Waals surface area contributed by atoms with Crippen LogP contribution in [0, 0.1) is 0 Å². The zero-order valence-corrected chi connectivity index (χ0v) is 14.8. The number of ether oxygens (including phenoxy) is 3. The molecule has 1 aromatic heterocycles. The number of carbonyl (C=O) groups excluding carboxylic acids is 1. The second-order valence-corrected chi connectivity index (χ2v) is 5.60. The second-order valence-electron chi connectivity index (χ2n) is 5.60. The van der Waals surface area contributed by atoms with E-state index < -0.39 is 5.97 Å². The van der Waals surface area contributed by atoms with E-state index in [9.17, 15) is 9.59 Å². The van der Waals surface area contributed by atoms with E-state index >= 15 is 0 Å². The predicted octanol–water partition coefficient (Wildman–Crippen LogP) is 3.58. The molecule has 0 aliphatic heterocycles. The maximum Gasteiger partial charge on any atom is 0.344 e. The number of hydrogen-bond acceptors (Lipinski definition) is 6. The molecule has 0 aliphatic rings. The van der Waals surface area contributed by atoms with Gasteiger partial charge in [-0.2, -0.15) is 0 Å². The first-order valence-corrected chi connectivity index (χ1v) is 8.22. The summed E-state index contributed by atoms with van der Waals surface area (Å²) in [6.07, 6.45) is 2.87.